The standard InChI is InChI=1S/C15H10F7NS/c1-23(2)24-14-9(10(16)11(17)12(18)13(14)19)7-3-5-8(6-4-7)15(20,21)22/h3-6H,1-2H3. The number of halogens is 7. The lowest BCUT2D eigenvalue weighted by atomic mass is 10.0. The molecule has 0 saturated carbocycles. The Labute approximate surface area is 137 Å². The van der Waals surface area contributed by atoms with Crippen molar-refractivity contribution < 1.29 is 30.7 Å². The maximum atomic E-state index is 14.1. The molecule has 2 aromatic rings. The monoisotopic (exact) mass is 369 g/mol. The number of hydrogen-bond acceptors (Lipinski definition) is 2. The Kier molecular flexibility index (Phi) is 5.14. The van der Waals surface area contributed by atoms with Crippen LogP contribution in [0.4, 0.5) is 30.7 Å². The molecule has 0 spiro atoms. The Morgan fingerprint density at radius 1 is 0.792 bits per heavy atom. The molecule has 2 aromatic carbocycles. The first-order chi connectivity index (χ1) is 11.0. The maximum Gasteiger partial charge on any atom is 0.416 e. The predicted octanol–water partition coefficient (Wildman–Crippen LogP) is 5.50. The van der Waals surface area contributed by atoms with Gasteiger partial charge in [-0.25, -0.2) is 17.6 Å². The highest BCUT2D eigenvalue weighted by Crippen LogP contribution is 2.40. The van der Waals surface area contributed by atoms with E-state index in [-0.39, 0.29) is 5.56 Å². The first-order valence-electron chi connectivity index (χ1n) is 6.43. The van der Waals surface area contributed by atoms with Crippen molar-refractivity contribution in [3.8, 4) is 11.1 Å². The van der Waals surface area contributed by atoms with Gasteiger partial charge in [-0.3, -0.25) is 4.31 Å². The number of hydrogen-bond donors (Lipinski definition) is 0. The second kappa shape index (κ2) is 6.64. The second-order valence-corrected chi connectivity index (χ2v) is 6.26. The summed E-state index contributed by atoms with van der Waals surface area (Å²) in [6.07, 6.45) is -4.61. The van der Waals surface area contributed by atoms with Crippen molar-refractivity contribution in [1.29, 1.82) is 0 Å². The molecule has 130 valence electrons. The van der Waals surface area contributed by atoms with Gasteiger partial charge in [0, 0.05) is 5.56 Å². The molecule has 0 heterocycles. The fourth-order valence-corrected chi connectivity index (χ4v) is 2.80. The van der Waals surface area contributed by atoms with Crippen LogP contribution in [0.15, 0.2) is 29.2 Å². The van der Waals surface area contributed by atoms with Gasteiger partial charge in [0.05, 0.1) is 10.5 Å². The van der Waals surface area contributed by atoms with Crippen molar-refractivity contribution in [2.24, 2.45) is 0 Å². The topological polar surface area (TPSA) is 3.24 Å². The van der Waals surface area contributed by atoms with E-state index in [2.05, 4.69) is 0 Å². The molecule has 0 N–H and O–H groups in total. The summed E-state index contributed by atoms with van der Waals surface area (Å²) in [5.41, 5.74) is -1.85. The summed E-state index contributed by atoms with van der Waals surface area (Å²) in [6, 6.07) is 3.05. The minimum Gasteiger partial charge on any atom is -0.252 e. The normalized spacial score (nSPS) is 12.1. The van der Waals surface area contributed by atoms with Crippen LogP contribution < -0.4 is 0 Å². The third kappa shape index (κ3) is 3.51. The zero-order valence-corrected chi connectivity index (χ0v) is 13.1. The molecule has 0 aliphatic carbocycles. The minimum absolute atomic E-state index is 0.206. The Morgan fingerprint density at radius 3 is 1.75 bits per heavy atom. The lowest BCUT2D eigenvalue weighted by Gasteiger charge is -2.16. The third-order valence-electron chi connectivity index (χ3n) is 3.00. The molecule has 1 nitrogen and oxygen atoms in total. The SMILES string of the molecule is CN(C)Sc1c(F)c(F)c(F)c(F)c1-c1ccc(C(F)(F)F)cc1. The van der Waals surface area contributed by atoms with Gasteiger partial charge in [0.2, 0.25) is 0 Å². The minimum atomic E-state index is -4.61. The molecule has 0 atom stereocenters. The summed E-state index contributed by atoms with van der Waals surface area (Å²) >= 11 is 0.583. The molecule has 0 aromatic heterocycles. The van der Waals surface area contributed by atoms with Crippen LogP contribution in [-0.4, -0.2) is 18.4 Å². The van der Waals surface area contributed by atoms with Crippen LogP contribution >= 0.6 is 11.9 Å². The molecule has 0 amide bonds. The quantitative estimate of drug-likeness (QED) is 0.304. The summed E-state index contributed by atoms with van der Waals surface area (Å²) in [5.74, 6) is -7.28. The number of rotatable bonds is 3. The Bertz CT molecular complexity index is 754. The predicted molar refractivity (Wildman–Crippen MR) is 76.3 cm³/mol. The zero-order valence-electron chi connectivity index (χ0n) is 12.3. The van der Waals surface area contributed by atoms with E-state index in [1.165, 1.54) is 18.4 Å². The van der Waals surface area contributed by atoms with E-state index >= 15 is 0 Å². The fourth-order valence-electron chi connectivity index (χ4n) is 1.96. The van der Waals surface area contributed by atoms with Gasteiger partial charge in [-0.15, -0.1) is 0 Å². The van der Waals surface area contributed by atoms with Crippen LogP contribution in [0, 0.1) is 23.3 Å². The van der Waals surface area contributed by atoms with Crippen LogP contribution in [0.2, 0.25) is 0 Å². The summed E-state index contributed by atoms with van der Waals surface area (Å²) in [6.45, 7) is 0. The van der Waals surface area contributed by atoms with Crippen molar-refractivity contribution in [3.05, 3.63) is 53.1 Å². The molecule has 0 radical (unpaired) electrons. The van der Waals surface area contributed by atoms with Crippen LogP contribution in [0.25, 0.3) is 11.1 Å². The highest BCUT2D eigenvalue weighted by molar-refractivity contribution is 7.97. The summed E-state index contributed by atoms with van der Waals surface area (Å²) < 4.78 is 94.2. The molecular weight excluding hydrogens is 359 g/mol. The summed E-state index contributed by atoms with van der Waals surface area (Å²) in [7, 11) is 2.92. The largest absolute Gasteiger partial charge is 0.416 e. The zero-order chi connectivity index (χ0) is 18.2. The Morgan fingerprint density at radius 2 is 1.29 bits per heavy atom. The van der Waals surface area contributed by atoms with E-state index in [1.54, 1.807) is 0 Å². The summed E-state index contributed by atoms with van der Waals surface area (Å²) in [5, 5.41) is 0. The van der Waals surface area contributed by atoms with Gasteiger partial charge in [0.15, 0.2) is 23.3 Å². The molecule has 24 heavy (non-hydrogen) atoms. The van der Waals surface area contributed by atoms with Crippen molar-refractivity contribution in [1.82, 2.24) is 4.31 Å². The maximum absolute atomic E-state index is 14.1. The van der Waals surface area contributed by atoms with Crippen molar-refractivity contribution in [2.75, 3.05) is 14.1 Å². The molecule has 0 aliphatic rings. The highest BCUT2D eigenvalue weighted by Gasteiger charge is 2.31. The number of alkyl halides is 3. The average Bonchev–Trinajstić information content (AvgIpc) is 2.50. The van der Waals surface area contributed by atoms with E-state index < -0.39 is 45.5 Å². The first-order valence-corrected chi connectivity index (χ1v) is 7.20. The van der Waals surface area contributed by atoms with Crippen LogP contribution in [-0.2, 0) is 6.18 Å². The van der Waals surface area contributed by atoms with Gasteiger partial charge in [-0.1, -0.05) is 12.1 Å². The fraction of sp³-hybridized carbons (Fsp3) is 0.200. The molecule has 2 rings (SSSR count). The van der Waals surface area contributed by atoms with E-state index in [0.717, 1.165) is 12.1 Å². The van der Waals surface area contributed by atoms with Gasteiger partial charge < -0.3 is 0 Å². The van der Waals surface area contributed by atoms with Gasteiger partial charge in [0.25, 0.3) is 0 Å². The molecule has 0 bridgehead atoms. The summed E-state index contributed by atoms with van der Waals surface area (Å²) in [4.78, 5) is -0.559. The molecule has 0 aliphatic heterocycles. The van der Waals surface area contributed by atoms with Gasteiger partial charge >= 0.3 is 6.18 Å². The van der Waals surface area contributed by atoms with Gasteiger partial charge in [-0.2, -0.15) is 13.2 Å². The number of nitrogens with zero attached hydrogens (tertiary/aromatic N) is 1. The molecular formula is C15H10F7NS. The van der Waals surface area contributed by atoms with E-state index in [1.807, 2.05) is 0 Å². The molecule has 0 saturated heterocycles. The molecule has 9 heteroatoms. The Balaban J connectivity index is 2.68. The number of benzene rings is 2. The lowest BCUT2D eigenvalue weighted by Crippen LogP contribution is -2.08. The second-order valence-electron chi connectivity index (χ2n) is 4.94. The van der Waals surface area contributed by atoms with Gasteiger partial charge in [-0.05, 0) is 43.7 Å². The molecule has 0 unspecified atom stereocenters. The van der Waals surface area contributed by atoms with Crippen LogP contribution in [0.1, 0.15) is 5.56 Å². The average molecular weight is 369 g/mol. The van der Waals surface area contributed by atoms with E-state index in [9.17, 15) is 30.7 Å². The lowest BCUT2D eigenvalue weighted by molar-refractivity contribution is -0.137. The van der Waals surface area contributed by atoms with Crippen molar-refractivity contribution in [2.45, 2.75) is 11.1 Å². The van der Waals surface area contributed by atoms with Crippen molar-refractivity contribution in [3.63, 3.8) is 0 Å². The van der Waals surface area contributed by atoms with E-state index in [0.29, 0.717) is 24.1 Å². The Hall–Kier alpha value is -1.74. The first kappa shape index (κ1) is 18.6. The van der Waals surface area contributed by atoms with Crippen LogP contribution in [0.5, 0.6) is 0 Å². The van der Waals surface area contributed by atoms with Crippen LogP contribution in [0.3, 0.4) is 0 Å². The molecule has 0 fully saturated rings. The van der Waals surface area contributed by atoms with E-state index in [4.69, 9.17) is 0 Å². The highest BCUT2D eigenvalue weighted by atomic mass is 32.2. The smallest absolute Gasteiger partial charge is 0.252 e. The van der Waals surface area contributed by atoms with Crippen molar-refractivity contribution >= 4 is 11.9 Å². The third-order valence-corrected chi connectivity index (χ3v) is 3.93. The van der Waals surface area contributed by atoms with Gasteiger partial charge in [0.1, 0.15) is 0 Å².